The standard InChI is InChI=1S/C14H16N2OS/c1-3-10-5-4-6-11(7-10)13(17)12-8-18-14(16-12)9(2)15/h4-9H,3,15H2,1-2H3. The topological polar surface area (TPSA) is 56.0 Å². The summed E-state index contributed by atoms with van der Waals surface area (Å²) in [5, 5.41) is 2.57. The molecule has 0 bridgehead atoms. The molecule has 0 aliphatic heterocycles. The van der Waals surface area contributed by atoms with Crippen LogP contribution in [0.5, 0.6) is 0 Å². The number of aryl methyl sites for hydroxylation is 1. The molecule has 0 fully saturated rings. The van der Waals surface area contributed by atoms with Crippen LogP contribution in [0.1, 0.15) is 46.5 Å². The second-order valence-corrected chi connectivity index (χ2v) is 5.13. The number of rotatable bonds is 4. The normalized spacial score (nSPS) is 12.4. The monoisotopic (exact) mass is 260 g/mol. The minimum absolute atomic E-state index is 0.0338. The smallest absolute Gasteiger partial charge is 0.212 e. The number of ketones is 1. The van der Waals surface area contributed by atoms with E-state index in [1.807, 2.05) is 31.2 Å². The van der Waals surface area contributed by atoms with Crippen LogP contribution in [0.25, 0.3) is 0 Å². The third kappa shape index (κ3) is 2.66. The Balaban J connectivity index is 2.29. The molecule has 1 aromatic carbocycles. The first kappa shape index (κ1) is 12.9. The molecule has 0 aliphatic rings. The number of nitrogens with zero attached hydrogens (tertiary/aromatic N) is 1. The Labute approximate surface area is 111 Å². The molecule has 1 heterocycles. The number of hydrogen-bond donors (Lipinski definition) is 1. The van der Waals surface area contributed by atoms with Crippen molar-refractivity contribution in [3.05, 3.63) is 51.5 Å². The second-order valence-electron chi connectivity index (χ2n) is 4.24. The van der Waals surface area contributed by atoms with E-state index in [-0.39, 0.29) is 11.8 Å². The van der Waals surface area contributed by atoms with Crippen molar-refractivity contribution in [2.24, 2.45) is 5.73 Å². The van der Waals surface area contributed by atoms with Crippen molar-refractivity contribution in [3.63, 3.8) is 0 Å². The highest BCUT2D eigenvalue weighted by Gasteiger charge is 2.14. The molecule has 3 nitrogen and oxygen atoms in total. The minimum atomic E-state index is -0.126. The molecule has 0 spiro atoms. The van der Waals surface area contributed by atoms with Gasteiger partial charge in [0.05, 0.1) is 6.04 Å². The Bertz CT molecular complexity index is 560. The van der Waals surface area contributed by atoms with E-state index in [9.17, 15) is 4.79 Å². The molecule has 2 aromatic rings. The number of nitrogens with two attached hydrogens (primary N) is 1. The van der Waals surface area contributed by atoms with Crippen molar-refractivity contribution >= 4 is 17.1 Å². The zero-order chi connectivity index (χ0) is 13.1. The summed E-state index contributed by atoms with van der Waals surface area (Å²) in [6, 6.07) is 7.55. The maximum Gasteiger partial charge on any atom is 0.212 e. The molecule has 0 aliphatic carbocycles. The molecule has 1 aromatic heterocycles. The number of carbonyl (C=O) groups excluding carboxylic acids is 1. The van der Waals surface area contributed by atoms with Crippen LogP contribution in [0, 0.1) is 0 Å². The van der Waals surface area contributed by atoms with Gasteiger partial charge in [-0.3, -0.25) is 4.79 Å². The molecule has 0 saturated carbocycles. The van der Waals surface area contributed by atoms with Gasteiger partial charge in [0.1, 0.15) is 10.7 Å². The van der Waals surface area contributed by atoms with Crippen LogP contribution in [-0.4, -0.2) is 10.8 Å². The van der Waals surface area contributed by atoms with Gasteiger partial charge in [-0.1, -0.05) is 25.1 Å². The van der Waals surface area contributed by atoms with Gasteiger partial charge in [-0.05, 0) is 25.0 Å². The molecule has 0 amide bonds. The zero-order valence-electron chi connectivity index (χ0n) is 10.5. The maximum absolute atomic E-state index is 12.3. The lowest BCUT2D eigenvalue weighted by atomic mass is 10.0. The van der Waals surface area contributed by atoms with Gasteiger partial charge in [-0.15, -0.1) is 11.3 Å². The first-order valence-corrected chi connectivity index (χ1v) is 6.84. The van der Waals surface area contributed by atoms with Crippen molar-refractivity contribution in [1.82, 2.24) is 4.98 Å². The van der Waals surface area contributed by atoms with Crippen LogP contribution >= 0.6 is 11.3 Å². The largest absolute Gasteiger partial charge is 0.322 e. The summed E-state index contributed by atoms with van der Waals surface area (Å²) >= 11 is 1.43. The SMILES string of the molecule is CCc1cccc(C(=O)c2csc(C(C)N)n2)c1. The summed E-state index contributed by atoms with van der Waals surface area (Å²) in [6.45, 7) is 3.94. The zero-order valence-corrected chi connectivity index (χ0v) is 11.3. The third-order valence-corrected chi connectivity index (χ3v) is 3.79. The van der Waals surface area contributed by atoms with E-state index in [1.54, 1.807) is 5.38 Å². The predicted octanol–water partition coefficient (Wildman–Crippen LogP) is 2.96. The van der Waals surface area contributed by atoms with Gasteiger partial charge in [0.2, 0.25) is 5.78 Å². The molecule has 18 heavy (non-hydrogen) atoms. The van der Waals surface area contributed by atoms with E-state index in [4.69, 9.17) is 5.73 Å². The lowest BCUT2D eigenvalue weighted by molar-refractivity contribution is 0.103. The number of aromatic nitrogens is 1. The van der Waals surface area contributed by atoms with E-state index in [0.29, 0.717) is 11.3 Å². The molecule has 1 atom stereocenters. The molecule has 94 valence electrons. The molecular weight excluding hydrogens is 244 g/mol. The Morgan fingerprint density at radius 3 is 2.89 bits per heavy atom. The molecule has 0 saturated heterocycles. The van der Waals surface area contributed by atoms with Crippen molar-refractivity contribution in [1.29, 1.82) is 0 Å². The lowest BCUT2D eigenvalue weighted by Crippen LogP contribution is -2.07. The lowest BCUT2D eigenvalue weighted by Gasteiger charge is -2.01. The average molecular weight is 260 g/mol. The van der Waals surface area contributed by atoms with Crippen LogP contribution in [0.3, 0.4) is 0 Å². The number of benzene rings is 1. The van der Waals surface area contributed by atoms with Gasteiger partial charge in [0.25, 0.3) is 0 Å². The number of hydrogen-bond acceptors (Lipinski definition) is 4. The average Bonchev–Trinajstić information content (AvgIpc) is 2.87. The summed E-state index contributed by atoms with van der Waals surface area (Å²) in [5.74, 6) is -0.0338. The number of thiazole rings is 1. The molecular formula is C14H16N2OS. The first-order valence-electron chi connectivity index (χ1n) is 5.96. The highest BCUT2D eigenvalue weighted by molar-refractivity contribution is 7.09. The second kappa shape index (κ2) is 5.42. The van der Waals surface area contributed by atoms with Crippen LogP contribution in [0.2, 0.25) is 0 Å². The van der Waals surface area contributed by atoms with Crippen molar-refractivity contribution in [3.8, 4) is 0 Å². The summed E-state index contributed by atoms with van der Waals surface area (Å²) in [5.41, 5.74) is 8.08. The van der Waals surface area contributed by atoms with Crippen molar-refractivity contribution in [2.45, 2.75) is 26.3 Å². The van der Waals surface area contributed by atoms with Gasteiger partial charge in [-0.2, -0.15) is 0 Å². The summed E-state index contributed by atoms with van der Waals surface area (Å²) in [7, 11) is 0. The van der Waals surface area contributed by atoms with Crippen LogP contribution in [-0.2, 0) is 6.42 Å². The summed E-state index contributed by atoms with van der Waals surface area (Å²) < 4.78 is 0. The van der Waals surface area contributed by atoms with Crippen LogP contribution in [0.15, 0.2) is 29.6 Å². The van der Waals surface area contributed by atoms with E-state index in [2.05, 4.69) is 11.9 Å². The van der Waals surface area contributed by atoms with E-state index in [0.717, 1.165) is 17.0 Å². The summed E-state index contributed by atoms with van der Waals surface area (Å²) in [4.78, 5) is 16.5. The van der Waals surface area contributed by atoms with Gasteiger partial charge in [0, 0.05) is 10.9 Å². The fourth-order valence-corrected chi connectivity index (χ4v) is 2.44. The predicted molar refractivity (Wildman–Crippen MR) is 74.0 cm³/mol. The Hall–Kier alpha value is -1.52. The van der Waals surface area contributed by atoms with E-state index < -0.39 is 0 Å². The molecule has 0 radical (unpaired) electrons. The number of carbonyl (C=O) groups is 1. The fraction of sp³-hybridized carbons (Fsp3) is 0.286. The molecule has 2 N–H and O–H groups in total. The minimum Gasteiger partial charge on any atom is -0.322 e. The quantitative estimate of drug-likeness (QED) is 0.860. The van der Waals surface area contributed by atoms with Crippen molar-refractivity contribution < 1.29 is 4.79 Å². The van der Waals surface area contributed by atoms with Gasteiger partial charge < -0.3 is 5.73 Å². The van der Waals surface area contributed by atoms with Crippen molar-refractivity contribution in [2.75, 3.05) is 0 Å². The van der Waals surface area contributed by atoms with E-state index >= 15 is 0 Å². The molecule has 2 rings (SSSR count). The highest BCUT2D eigenvalue weighted by Crippen LogP contribution is 2.19. The first-order chi connectivity index (χ1) is 8.61. The van der Waals surface area contributed by atoms with E-state index in [1.165, 1.54) is 11.3 Å². The van der Waals surface area contributed by atoms with Gasteiger partial charge >= 0.3 is 0 Å². The third-order valence-electron chi connectivity index (χ3n) is 2.74. The van der Waals surface area contributed by atoms with Gasteiger partial charge in [0.15, 0.2) is 0 Å². The highest BCUT2D eigenvalue weighted by atomic mass is 32.1. The summed E-state index contributed by atoms with van der Waals surface area (Å²) in [6.07, 6.45) is 0.920. The fourth-order valence-electron chi connectivity index (χ4n) is 1.68. The molecule has 1 unspecified atom stereocenters. The Morgan fingerprint density at radius 1 is 1.50 bits per heavy atom. The van der Waals surface area contributed by atoms with Crippen LogP contribution in [0.4, 0.5) is 0 Å². The van der Waals surface area contributed by atoms with Gasteiger partial charge in [-0.25, -0.2) is 4.98 Å². The van der Waals surface area contributed by atoms with Crippen LogP contribution < -0.4 is 5.73 Å². The Kier molecular flexibility index (Phi) is 3.89. The Morgan fingerprint density at radius 2 is 2.28 bits per heavy atom. The molecule has 4 heteroatoms. The maximum atomic E-state index is 12.3.